The van der Waals surface area contributed by atoms with Crippen LogP contribution in [0.25, 0.3) is 0 Å². The van der Waals surface area contributed by atoms with E-state index in [1.165, 1.54) is 23.1 Å². The van der Waals surface area contributed by atoms with Gasteiger partial charge in [0.05, 0.1) is 18.7 Å². The molecule has 108 valence electrons. The lowest BCUT2D eigenvalue weighted by atomic mass is 10.1. The van der Waals surface area contributed by atoms with Gasteiger partial charge in [-0.25, -0.2) is 4.39 Å². The van der Waals surface area contributed by atoms with Crippen molar-refractivity contribution >= 4 is 5.91 Å². The molecule has 0 fully saturated rings. The summed E-state index contributed by atoms with van der Waals surface area (Å²) < 4.78 is 18.8. The number of carbonyl (C=O) groups is 1. The Kier molecular flexibility index (Phi) is 6.71. The predicted molar refractivity (Wildman–Crippen MR) is 75.8 cm³/mol. The summed E-state index contributed by atoms with van der Waals surface area (Å²) in [5, 5.41) is 0. The van der Waals surface area contributed by atoms with Crippen LogP contribution in [0.5, 0.6) is 0 Å². The van der Waals surface area contributed by atoms with Gasteiger partial charge in [0.2, 0.25) is 0 Å². The third-order valence-corrected chi connectivity index (χ3v) is 2.77. The van der Waals surface area contributed by atoms with Gasteiger partial charge in [0.25, 0.3) is 5.91 Å². The van der Waals surface area contributed by atoms with Crippen molar-refractivity contribution in [3.8, 4) is 11.8 Å². The molecular weight excluding hydrogens is 259 g/mol. The average molecular weight is 278 g/mol. The monoisotopic (exact) mass is 278 g/mol. The lowest BCUT2D eigenvalue weighted by molar-refractivity contribution is 0.0702. The molecule has 0 aromatic heterocycles. The number of carbonyl (C=O) groups excluding carboxylic acids is 1. The molecule has 0 bridgehead atoms. The SMILES string of the molecule is CCN(CCOC)C(=O)c1cc(C#CCN)ccc1F. The first kappa shape index (κ1) is 16.2. The molecule has 1 amide bonds. The first-order valence-corrected chi connectivity index (χ1v) is 6.40. The third-order valence-electron chi connectivity index (χ3n) is 2.77. The number of halogens is 1. The van der Waals surface area contributed by atoms with Gasteiger partial charge in [-0.3, -0.25) is 4.79 Å². The van der Waals surface area contributed by atoms with Crippen molar-refractivity contribution < 1.29 is 13.9 Å². The minimum Gasteiger partial charge on any atom is -0.383 e. The van der Waals surface area contributed by atoms with Crippen LogP contribution in [0.1, 0.15) is 22.8 Å². The molecule has 0 saturated heterocycles. The molecule has 1 rings (SSSR count). The highest BCUT2D eigenvalue weighted by atomic mass is 19.1. The van der Waals surface area contributed by atoms with Crippen molar-refractivity contribution in [1.82, 2.24) is 4.90 Å². The van der Waals surface area contributed by atoms with Crippen LogP contribution < -0.4 is 5.73 Å². The molecule has 4 nitrogen and oxygen atoms in total. The van der Waals surface area contributed by atoms with Gasteiger partial charge in [-0.1, -0.05) is 11.8 Å². The number of hydrogen-bond acceptors (Lipinski definition) is 3. The zero-order valence-electron chi connectivity index (χ0n) is 11.8. The largest absolute Gasteiger partial charge is 0.383 e. The number of ether oxygens (including phenoxy) is 1. The average Bonchev–Trinajstić information content (AvgIpc) is 2.47. The third kappa shape index (κ3) is 4.34. The molecule has 0 aliphatic carbocycles. The summed E-state index contributed by atoms with van der Waals surface area (Å²) in [4.78, 5) is 13.8. The van der Waals surface area contributed by atoms with E-state index in [-0.39, 0.29) is 18.0 Å². The Morgan fingerprint density at radius 1 is 1.50 bits per heavy atom. The first-order chi connectivity index (χ1) is 9.63. The van der Waals surface area contributed by atoms with Crippen LogP contribution in [0.15, 0.2) is 18.2 Å². The Morgan fingerprint density at radius 2 is 2.25 bits per heavy atom. The van der Waals surface area contributed by atoms with E-state index < -0.39 is 5.82 Å². The number of rotatable bonds is 5. The molecule has 0 aliphatic heterocycles. The Morgan fingerprint density at radius 3 is 2.85 bits per heavy atom. The number of methoxy groups -OCH3 is 1. The van der Waals surface area contributed by atoms with E-state index in [1.54, 1.807) is 7.11 Å². The van der Waals surface area contributed by atoms with Gasteiger partial charge < -0.3 is 15.4 Å². The fraction of sp³-hybridized carbons (Fsp3) is 0.400. The molecule has 1 aromatic carbocycles. The van der Waals surface area contributed by atoms with Gasteiger partial charge in [0.15, 0.2) is 0 Å². The van der Waals surface area contributed by atoms with Gasteiger partial charge >= 0.3 is 0 Å². The summed E-state index contributed by atoms with van der Waals surface area (Å²) >= 11 is 0. The van der Waals surface area contributed by atoms with Crippen LogP contribution >= 0.6 is 0 Å². The fourth-order valence-electron chi connectivity index (χ4n) is 1.70. The molecule has 2 N–H and O–H groups in total. The zero-order chi connectivity index (χ0) is 15.0. The molecule has 0 atom stereocenters. The lowest BCUT2D eigenvalue weighted by Crippen LogP contribution is -2.34. The Labute approximate surface area is 118 Å². The van der Waals surface area contributed by atoms with E-state index in [4.69, 9.17) is 10.5 Å². The van der Waals surface area contributed by atoms with Crippen molar-refractivity contribution in [2.45, 2.75) is 6.92 Å². The van der Waals surface area contributed by atoms with Gasteiger partial charge in [-0.15, -0.1) is 0 Å². The minimum absolute atomic E-state index is 0.0202. The van der Waals surface area contributed by atoms with Gasteiger partial charge in [0.1, 0.15) is 5.82 Å². The molecule has 1 aromatic rings. The second-order valence-electron chi connectivity index (χ2n) is 4.08. The summed E-state index contributed by atoms with van der Waals surface area (Å²) in [7, 11) is 1.56. The van der Waals surface area contributed by atoms with Crippen molar-refractivity contribution in [2.75, 3.05) is 33.4 Å². The number of nitrogens with two attached hydrogens (primary N) is 1. The Balaban J connectivity index is 3.00. The highest BCUT2D eigenvalue weighted by Gasteiger charge is 2.18. The first-order valence-electron chi connectivity index (χ1n) is 6.40. The second kappa shape index (κ2) is 8.31. The Bertz CT molecular complexity index is 520. The summed E-state index contributed by atoms with van der Waals surface area (Å²) in [6.45, 7) is 3.37. The number of benzene rings is 1. The standard InChI is InChI=1S/C15H19FN2O2/c1-3-18(9-10-20-2)15(19)13-11-12(5-4-8-17)6-7-14(13)16/h6-7,11H,3,8-10,17H2,1-2H3. The molecule has 0 spiro atoms. The zero-order valence-corrected chi connectivity index (χ0v) is 11.8. The maximum atomic E-state index is 13.8. The lowest BCUT2D eigenvalue weighted by Gasteiger charge is -2.20. The van der Waals surface area contributed by atoms with E-state index in [1.807, 2.05) is 6.92 Å². The van der Waals surface area contributed by atoms with E-state index in [2.05, 4.69) is 11.8 Å². The minimum atomic E-state index is -0.552. The highest BCUT2D eigenvalue weighted by Crippen LogP contribution is 2.13. The predicted octanol–water partition coefficient (Wildman–Crippen LogP) is 1.24. The topological polar surface area (TPSA) is 55.6 Å². The second-order valence-corrected chi connectivity index (χ2v) is 4.08. The van der Waals surface area contributed by atoms with Crippen LogP contribution in [-0.4, -0.2) is 44.2 Å². The van der Waals surface area contributed by atoms with Crippen molar-refractivity contribution in [3.63, 3.8) is 0 Å². The normalized spacial score (nSPS) is 9.80. The molecular formula is C15H19FN2O2. The molecule has 0 aliphatic rings. The smallest absolute Gasteiger partial charge is 0.256 e. The summed E-state index contributed by atoms with van der Waals surface area (Å²) in [6, 6.07) is 4.23. The molecule has 0 unspecified atom stereocenters. The molecule has 5 heteroatoms. The fourth-order valence-corrected chi connectivity index (χ4v) is 1.70. The van der Waals surface area contributed by atoms with E-state index in [9.17, 15) is 9.18 Å². The quantitative estimate of drug-likeness (QED) is 0.825. The summed E-state index contributed by atoms with van der Waals surface area (Å²) in [5.74, 6) is 4.55. The molecule has 0 radical (unpaired) electrons. The van der Waals surface area contributed by atoms with Gasteiger partial charge in [-0.2, -0.15) is 0 Å². The van der Waals surface area contributed by atoms with Crippen LogP contribution in [-0.2, 0) is 4.74 Å². The van der Waals surface area contributed by atoms with Crippen molar-refractivity contribution in [3.05, 3.63) is 35.1 Å². The van der Waals surface area contributed by atoms with Crippen molar-refractivity contribution in [1.29, 1.82) is 0 Å². The summed E-state index contributed by atoms with van der Waals surface area (Å²) in [5.41, 5.74) is 5.88. The number of likely N-dealkylation sites (N-methyl/N-ethyl adjacent to an activating group) is 1. The van der Waals surface area contributed by atoms with Crippen molar-refractivity contribution in [2.24, 2.45) is 5.73 Å². The summed E-state index contributed by atoms with van der Waals surface area (Å²) in [6.07, 6.45) is 0. The maximum Gasteiger partial charge on any atom is 0.256 e. The maximum absolute atomic E-state index is 13.8. The van der Waals surface area contributed by atoms with E-state index in [0.717, 1.165) is 0 Å². The van der Waals surface area contributed by atoms with Crippen LogP contribution in [0.4, 0.5) is 4.39 Å². The van der Waals surface area contributed by atoms with Crippen LogP contribution in [0.3, 0.4) is 0 Å². The number of nitrogens with zero attached hydrogens (tertiary/aromatic N) is 1. The van der Waals surface area contributed by atoms with Crippen LogP contribution in [0.2, 0.25) is 0 Å². The van der Waals surface area contributed by atoms with Crippen LogP contribution in [0, 0.1) is 17.7 Å². The Hall–Kier alpha value is -1.90. The van der Waals surface area contributed by atoms with E-state index >= 15 is 0 Å². The van der Waals surface area contributed by atoms with E-state index in [0.29, 0.717) is 25.3 Å². The van der Waals surface area contributed by atoms with Gasteiger partial charge in [-0.05, 0) is 25.1 Å². The molecule has 0 heterocycles. The molecule has 20 heavy (non-hydrogen) atoms. The number of hydrogen-bond donors (Lipinski definition) is 1. The molecule has 0 saturated carbocycles. The number of amides is 1. The highest BCUT2D eigenvalue weighted by molar-refractivity contribution is 5.94. The van der Waals surface area contributed by atoms with Gasteiger partial charge in [0, 0.05) is 25.8 Å².